The lowest BCUT2D eigenvalue weighted by Gasteiger charge is -2.31. The van der Waals surface area contributed by atoms with E-state index in [1.807, 2.05) is 30.3 Å². The first-order valence-electron chi connectivity index (χ1n) is 8.27. The molecule has 4 rings (SSSR count). The lowest BCUT2D eigenvalue weighted by atomic mass is 9.99. The number of carbonyl (C=O) groups excluding carboxylic acids is 2. The fourth-order valence-electron chi connectivity index (χ4n) is 2.80. The number of morpholine rings is 1. The summed E-state index contributed by atoms with van der Waals surface area (Å²) in [6.45, 7) is 0.0137. The van der Waals surface area contributed by atoms with Gasteiger partial charge < -0.3 is 19.9 Å². The molecule has 8 heteroatoms. The minimum Gasteiger partial charge on any atom is -0.356 e. The van der Waals surface area contributed by atoms with Crippen molar-refractivity contribution in [3.8, 4) is 0 Å². The van der Waals surface area contributed by atoms with Gasteiger partial charge in [0, 0.05) is 5.92 Å². The molecular weight excluding hydrogens is 324 g/mol. The molecule has 25 heavy (non-hydrogen) atoms. The number of nitrogens with zero attached hydrogens (tertiary/aromatic N) is 2. The molecule has 2 fully saturated rings. The summed E-state index contributed by atoms with van der Waals surface area (Å²) < 4.78 is 10.6. The van der Waals surface area contributed by atoms with Crippen molar-refractivity contribution in [2.24, 2.45) is 0 Å². The van der Waals surface area contributed by atoms with Gasteiger partial charge in [-0.05, 0) is 18.4 Å². The van der Waals surface area contributed by atoms with Gasteiger partial charge in [-0.25, -0.2) is 0 Å². The molecule has 0 bridgehead atoms. The van der Waals surface area contributed by atoms with Crippen LogP contribution in [0, 0.1) is 0 Å². The Morgan fingerprint density at radius 3 is 2.84 bits per heavy atom. The Morgan fingerprint density at radius 2 is 2.08 bits per heavy atom. The van der Waals surface area contributed by atoms with Crippen molar-refractivity contribution in [1.29, 1.82) is 0 Å². The van der Waals surface area contributed by atoms with Crippen LogP contribution in [0.5, 0.6) is 0 Å². The van der Waals surface area contributed by atoms with Gasteiger partial charge in [-0.15, -0.1) is 0 Å². The Bertz CT molecular complexity index is 772. The molecule has 8 nitrogen and oxygen atoms in total. The van der Waals surface area contributed by atoms with Crippen molar-refractivity contribution >= 4 is 11.8 Å². The number of benzene rings is 1. The third-order valence-electron chi connectivity index (χ3n) is 4.26. The zero-order valence-corrected chi connectivity index (χ0v) is 13.5. The van der Waals surface area contributed by atoms with Crippen LogP contribution in [0.15, 0.2) is 34.9 Å². The van der Waals surface area contributed by atoms with Gasteiger partial charge in [0.05, 0.1) is 12.6 Å². The highest BCUT2D eigenvalue weighted by Crippen LogP contribution is 2.38. The number of ether oxygens (including phenoxy) is 1. The molecule has 2 heterocycles. The molecule has 0 radical (unpaired) electrons. The highest BCUT2D eigenvalue weighted by Gasteiger charge is 2.36. The van der Waals surface area contributed by atoms with E-state index in [9.17, 15) is 9.59 Å². The summed E-state index contributed by atoms with van der Waals surface area (Å²) >= 11 is 0. The van der Waals surface area contributed by atoms with Crippen LogP contribution in [0.3, 0.4) is 0 Å². The van der Waals surface area contributed by atoms with Crippen molar-refractivity contribution in [1.82, 2.24) is 20.8 Å². The second-order valence-electron chi connectivity index (χ2n) is 6.23. The molecule has 1 saturated carbocycles. The zero-order chi connectivity index (χ0) is 17.2. The molecule has 1 aliphatic carbocycles. The minimum absolute atomic E-state index is 0.143. The van der Waals surface area contributed by atoms with Crippen LogP contribution in [0.25, 0.3) is 0 Å². The van der Waals surface area contributed by atoms with Gasteiger partial charge in [0.15, 0.2) is 11.9 Å². The summed E-state index contributed by atoms with van der Waals surface area (Å²) in [6.07, 6.45) is 1.33. The molecule has 2 atom stereocenters. The molecule has 130 valence electrons. The Balaban J connectivity index is 1.42. The van der Waals surface area contributed by atoms with E-state index in [1.54, 1.807) is 0 Å². The third kappa shape index (κ3) is 3.53. The molecular formula is C17H18N4O4. The summed E-state index contributed by atoms with van der Waals surface area (Å²) in [6, 6.07) is 8.74. The largest absolute Gasteiger partial charge is 0.356 e. The summed E-state index contributed by atoms with van der Waals surface area (Å²) in [4.78, 5) is 28.5. The molecule has 1 aliphatic heterocycles. The summed E-state index contributed by atoms with van der Waals surface area (Å²) in [7, 11) is 0. The average molecular weight is 342 g/mol. The van der Waals surface area contributed by atoms with Gasteiger partial charge in [-0.3, -0.25) is 9.59 Å². The molecule has 2 N–H and O–H groups in total. The minimum atomic E-state index is -0.810. The number of nitrogens with one attached hydrogen (secondary N) is 2. The first kappa shape index (κ1) is 15.8. The highest BCUT2D eigenvalue weighted by molar-refractivity contribution is 5.86. The Hall–Kier alpha value is -2.74. The molecule has 1 aromatic heterocycles. The summed E-state index contributed by atoms with van der Waals surface area (Å²) in [5, 5.41) is 9.44. The van der Waals surface area contributed by atoms with Crippen molar-refractivity contribution in [2.45, 2.75) is 37.5 Å². The molecule has 2 aromatic rings. The van der Waals surface area contributed by atoms with Gasteiger partial charge in [-0.2, -0.15) is 4.98 Å². The van der Waals surface area contributed by atoms with Crippen molar-refractivity contribution in [2.75, 3.05) is 6.61 Å². The first-order chi connectivity index (χ1) is 12.2. The van der Waals surface area contributed by atoms with Gasteiger partial charge in [0.1, 0.15) is 6.61 Å². The van der Waals surface area contributed by atoms with Crippen molar-refractivity contribution in [3.63, 3.8) is 0 Å². The van der Waals surface area contributed by atoms with E-state index in [-0.39, 0.29) is 25.0 Å². The van der Waals surface area contributed by atoms with E-state index >= 15 is 0 Å². The zero-order valence-electron chi connectivity index (χ0n) is 13.5. The highest BCUT2D eigenvalue weighted by atomic mass is 16.5. The number of carbonyl (C=O) groups is 2. The maximum absolute atomic E-state index is 12.5. The molecule has 1 aromatic carbocycles. The van der Waals surface area contributed by atoms with Crippen LogP contribution in [0.1, 0.15) is 42.1 Å². The molecule has 2 unspecified atom stereocenters. The molecule has 0 spiro atoms. The van der Waals surface area contributed by atoms with Crippen LogP contribution in [0.2, 0.25) is 0 Å². The van der Waals surface area contributed by atoms with Gasteiger partial charge in [-0.1, -0.05) is 35.5 Å². The number of hydrogen-bond acceptors (Lipinski definition) is 6. The fourth-order valence-corrected chi connectivity index (χ4v) is 2.80. The quantitative estimate of drug-likeness (QED) is 0.833. The average Bonchev–Trinajstić information content (AvgIpc) is 3.39. The van der Waals surface area contributed by atoms with E-state index in [1.165, 1.54) is 0 Å². The first-order valence-corrected chi connectivity index (χ1v) is 8.27. The Labute approximate surface area is 143 Å². The maximum Gasteiger partial charge on any atom is 0.252 e. The normalized spacial score (nSPS) is 23.1. The predicted octanol–water partition coefficient (Wildman–Crippen LogP) is 0.819. The Kier molecular flexibility index (Phi) is 4.19. The predicted molar refractivity (Wildman–Crippen MR) is 85.2 cm³/mol. The number of aromatic nitrogens is 2. The summed E-state index contributed by atoms with van der Waals surface area (Å²) in [5.41, 5.74) is 0.811. The standard InChI is InChI=1S/C17H18N4O4/c22-13-9-24-15(14(20-13)10-4-2-1-3-5-10)16(23)18-8-12-19-17(25-21-12)11-6-7-11/h1-5,11,14-15H,6-9H2,(H,18,23)(H,20,22). The van der Waals surface area contributed by atoms with Crippen molar-refractivity contribution in [3.05, 3.63) is 47.6 Å². The van der Waals surface area contributed by atoms with Crippen LogP contribution in [-0.2, 0) is 20.9 Å². The third-order valence-corrected chi connectivity index (χ3v) is 4.26. The number of hydrogen-bond donors (Lipinski definition) is 2. The van der Waals surface area contributed by atoms with E-state index < -0.39 is 12.1 Å². The molecule has 2 aliphatic rings. The van der Waals surface area contributed by atoms with Gasteiger partial charge in [0.25, 0.3) is 5.91 Å². The van der Waals surface area contributed by atoms with E-state index in [2.05, 4.69) is 20.8 Å². The van der Waals surface area contributed by atoms with Crippen molar-refractivity contribution < 1.29 is 18.8 Å². The van der Waals surface area contributed by atoms with Crippen LogP contribution < -0.4 is 10.6 Å². The second kappa shape index (κ2) is 6.64. The molecule has 2 amide bonds. The second-order valence-corrected chi connectivity index (χ2v) is 6.23. The van der Waals surface area contributed by atoms with Crippen LogP contribution in [-0.4, -0.2) is 34.7 Å². The van der Waals surface area contributed by atoms with Crippen LogP contribution >= 0.6 is 0 Å². The van der Waals surface area contributed by atoms with Gasteiger partial charge in [0.2, 0.25) is 11.8 Å². The smallest absolute Gasteiger partial charge is 0.252 e. The Morgan fingerprint density at radius 1 is 1.28 bits per heavy atom. The van der Waals surface area contributed by atoms with E-state index in [0.717, 1.165) is 18.4 Å². The van der Waals surface area contributed by atoms with E-state index in [4.69, 9.17) is 9.26 Å². The maximum atomic E-state index is 12.5. The van der Waals surface area contributed by atoms with Gasteiger partial charge >= 0.3 is 0 Å². The lowest BCUT2D eigenvalue weighted by Crippen LogP contribution is -2.52. The summed E-state index contributed by atoms with van der Waals surface area (Å²) in [5.74, 6) is 0.868. The van der Waals surface area contributed by atoms with Crippen LogP contribution in [0.4, 0.5) is 0 Å². The SMILES string of the molecule is O=C1COC(C(=O)NCc2noc(C3CC3)n2)C(c2ccccc2)N1. The lowest BCUT2D eigenvalue weighted by molar-refractivity contribution is -0.148. The number of rotatable bonds is 5. The molecule has 1 saturated heterocycles. The monoisotopic (exact) mass is 342 g/mol. The number of amides is 2. The topological polar surface area (TPSA) is 106 Å². The van der Waals surface area contributed by atoms with E-state index in [0.29, 0.717) is 17.6 Å². The fraction of sp³-hybridized carbons (Fsp3) is 0.412.